The van der Waals surface area contributed by atoms with Gasteiger partial charge in [-0.1, -0.05) is 43.3 Å². The molecule has 2 atom stereocenters. The summed E-state index contributed by atoms with van der Waals surface area (Å²) in [6, 6.07) is 17.5. The molecule has 0 unspecified atom stereocenters. The quantitative estimate of drug-likeness (QED) is 0.805. The number of aromatic nitrogens is 2. The van der Waals surface area contributed by atoms with Crippen molar-refractivity contribution in [2.45, 2.75) is 18.9 Å². The number of para-hydroxylation sites is 2. The first-order chi connectivity index (χ1) is 11.7. The molecule has 1 amide bonds. The maximum absolute atomic E-state index is 12.6. The number of carbonyl (C=O) groups is 1. The van der Waals surface area contributed by atoms with E-state index in [-0.39, 0.29) is 11.8 Å². The van der Waals surface area contributed by atoms with E-state index in [4.69, 9.17) is 4.74 Å². The fourth-order valence-corrected chi connectivity index (χ4v) is 2.97. The van der Waals surface area contributed by atoms with Crippen molar-refractivity contribution >= 4 is 11.6 Å². The van der Waals surface area contributed by atoms with Crippen LogP contribution in [0.25, 0.3) is 5.69 Å². The lowest BCUT2D eigenvalue weighted by atomic mass is 9.97. The first-order valence-electron chi connectivity index (χ1n) is 7.89. The maximum atomic E-state index is 12.6. The van der Waals surface area contributed by atoms with Gasteiger partial charge in [0.1, 0.15) is 5.75 Å². The zero-order valence-corrected chi connectivity index (χ0v) is 13.2. The van der Waals surface area contributed by atoms with Crippen molar-refractivity contribution in [2.75, 3.05) is 5.32 Å². The van der Waals surface area contributed by atoms with E-state index in [1.165, 1.54) is 0 Å². The molecule has 0 aliphatic carbocycles. The number of amides is 1. The van der Waals surface area contributed by atoms with Crippen LogP contribution < -0.4 is 10.1 Å². The van der Waals surface area contributed by atoms with E-state index in [9.17, 15) is 4.79 Å². The number of anilines is 1. The smallest absolute Gasteiger partial charge is 0.266 e. The summed E-state index contributed by atoms with van der Waals surface area (Å²) in [5, 5.41) is 7.18. The normalized spacial score (nSPS) is 18.7. The van der Waals surface area contributed by atoms with Gasteiger partial charge in [-0.05, 0) is 18.2 Å². The van der Waals surface area contributed by atoms with Crippen LogP contribution >= 0.6 is 0 Å². The van der Waals surface area contributed by atoms with Crippen molar-refractivity contribution in [3.05, 3.63) is 72.6 Å². The van der Waals surface area contributed by atoms with Crippen LogP contribution in [-0.4, -0.2) is 21.8 Å². The van der Waals surface area contributed by atoms with E-state index < -0.39 is 6.10 Å². The van der Waals surface area contributed by atoms with Gasteiger partial charge in [-0.2, -0.15) is 5.10 Å². The van der Waals surface area contributed by atoms with Gasteiger partial charge in [-0.3, -0.25) is 4.79 Å². The molecule has 1 aliphatic rings. The standard InChI is InChI=1S/C19H17N3O2/c1-13-16-9-5-6-10-17(16)24-18(13)19(23)21-14-11-20-22(12-14)15-7-3-2-4-8-15/h2-13,18H,1H3,(H,21,23)/t13-,18+/m1/s1. The van der Waals surface area contributed by atoms with Gasteiger partial charge >= 0.3 is 0 Å². The number of nitrogens with zero attached hydrogens (tertiary/aromatic N) is 2. The molecule has 1 N–H and O–H groups in total. The molecular formula is C19H17N3O2. The van der Waals surface area contributed by atoms with Gasteiger partial charge in [-0.25, -0.2) is 4.68 Å². The second kappa shape index (κ2) is 5.85. The van der Waals surface area contributed by atoms with Gasteiger partial charge in [-0.15, -0.1) is 0 Å². The third kappa shape index (κ3) is 2.54. The molecule has 5 heteroatoms. The minimum atomic E-state index is -0.525. The van der Waals surface area contributed by atoms with Crippen LogP contribution in [0.15, 0.2) is 67.0 Å². The Kier molecular flexibility index (Phi) is 3.54. The second-order valence-corrected chi connectivity index (χ2v) is 5.86. The average Bonchev–Trinajstić information content (AvgIpc) is 3.21. The highest BCUT2D eigenvalue weighted by Gasteiger charge is 2.36. The van der Waals surface area contributed by atoms with Crippen molar-refractivity contribution in [2.24, 2.45) is 0 Å². The predicted molar refractivity (Wildman–Crippen MR) is 91.5 cm³/mol. The fraction of sp³-hybridized carbons (Fsp3) is 0.158. The van der Waals surface area contributed by atoms with Crippen LogP contribution in [0.4, 0.5) is 5.69 Å². The zero-order chi connectivity index (χ0) is 16.5. The maximum Gasteiger partial charge on any atom is 0.266 e. The minimum Gasteiger partial charge on any atom is -0.480 e. The van der Waals surface area contributed by atoms with Gasteiger partial charge < -0.3 is 10.1 Å². The Morgan fingerprint density at radius 1 is 1.12 bits per heavy atom. The van der Waals surface area contributed by atoms with Crippen LogP contribution in [-0.2, 0) is 4.79 Å². The molecule has 0 radical (unpaired) electrons. The summed E-state index contributed by atoms with van der Waals surface area (Å²) in [6.45, 7) is 2.00. The van der Waals surface area contributed by atoms with Crippen molar-refractivity contribution in [1.82, 2.24) is 9.78 Å². The average molecular weight is 319 g/mol. The number of benzene rings is 2. The SMILES string of the molecule is C[C@@H]1c2ccccc2O[C@@H]1C(=O)Nc1cnn(-c2ccccc2)c1. The highest BCUT2D eigenvalue weighted by molar-refractivity contribution is 5.95. The Morgan fingerprint density at radius 2 is 1.88 bits per heavy atom. The Labute approximate surface area is 139 Å². The number of hydrogen-bond acceptors (Lipinski definition) is 3. The van der Waals surface area contributed by atoms with Crippen molar-refractivity contribution in [3.63, 3.8) is 0 Å². The molecule has 120 valence electrons. The molecule has 0 fully saturated rings. The largest absolute Gasteiger partial charge is 0.480 e. The lowest BCUT2D eigenvalue weighted by Gasteiger charge is -2.14. The molecule has 0 bridgehead atoms. The van der Waals surface area contributed by atoms with Gasteiger partial charge in [0.15, 0.2) is 6.10 Å². The molecular weight excluding hydrogens is 302 g/mol. The molecule has 4 rings (SSSR count). The highest BCUT2D eigenvalue weighted by atomic mass is 16.5. The van der Waals surface area contributed by atoms with Crippen molar-refractivity contribution in [3.8, 4) is 11.4 Å². The van der Waals surface area contributed by atoms with Crippen molar-refractivity contribution < 1.29 is 9.53 Å². The third-order valence-electron chi connectivity index (χ3n) is 4.25. The summed E-state index contributed by atoms with van der Waals surface area (Å²) >= 11 is 0. The number of fused-ring (bicyclic) bond motifs is 1. The van der Waals surface area contributed by atoms with Crippen LogP contribution in [0.2, 0.25) is 0 Å². The fourth-order valence-electron chi connectivity index (χ4n) is 2.97. The van der Waals surface area contributed by atoms with Crippen LogP contribution in [0.3, 0.4) is 0 Å². The van der Waals surface area contributed by atoms with E-state index in [0.717, 1.165) is 17.0 Å². The van der Waals surface area contributed by atoms with Crippen LogP contribution in [0, 0.1) is 0 Å². The van der Waals surface area contributed by atoms with Gasteiger partial charge in [0.2, 0.25) is 0 Å². The Balaban J connectivity index is 1.49. The van der Waals surface area contributed by atoms with E-state index in [1.54, 1.807) is 17.1 Å². The number of rotatable bonds is 3. The molecule has 0 spiro atoms. The van der Waals surface area contributed by atoms with E-state index in [0.29, 0.717) is 5.69 Å². The first kappa shape index (κ1) is 14.5. The lowest BCUT2D eigenvalue weighted by Crippen LogP contribution is -2.33. The molecule has 1 aromatic heterocycles. The van der Waals surface area contributed by atoms with Crippen molar-refractivity contribution in [1.29, 1.82) is 0 Å². The Hall–Kier alpha value is -3.08. The first-order valence-corrected chi connectivity index (χ1v) is 7.89. The number of ether oxygens (including phenoxy) is 1. The van der Waals surface area contributed by atoms with Gasteiger partial charge in [0.25, 0.3) is 5.91 Å². The zero-order valence-electron chi connectivity index (χ0n) is 13.2. The molecule has 0 saturated carbocycles. The molecule has 3 aromatic rings. The number of carbonyl (C=O) groups excluding carboxylic acids is 1. The molecule has 0 saturated heterocycles. The predicted octanol–water partition coefficient (Wildman–Crippen LogP) is 3.38. The minimum absolute atomic E-state index is 0.0189. The second-order valence-electron chi connectivity index (χ2n) is 5.86. The summed E-state index contributed by atoms with van der Waals surface area (Å²) in [5.41, 5.74) is 2.66. The monoisotopic (exact) mass is 319 g/mol. The molecule has 2 aromatic carbocycles. The van der Waals surface area contributed by atoms with E-state index in [2.05, 4.69) is 10.4 Å². The molecule has 1 aliphatic heterocycles. The summed E-state index contributed by atoms with van der Waals surface area (Å²) in [4.78, 5) is 12.6. The van der Waals surface area contributed by atoms with Crippen LogP contribution in [0.5, 0.6) is 5.75 Å². The van der Waals surface area contributed by atoms with E-state index >= 15 is 0 Å². The molecule has 24 heavy (non-hydrogen) atoms. The van der Waals surface area contributed by atoms with Gasteiger partial charge in [0.05, 0.1) is 23.8 Å². The van der Waals surface area contributed by atoms with E-state index in [1.807, 2.05) is 61.5 Å². The molecule has 5 nitrogen and oxygen atoms in total. The summed E-state index contributed by atoms with van der Waals surface area (Å²) < 4.78 is 7.53. The van der Waals surface area contributed by atoms with Crippen LogP contribution in [0.1, 0.15) is 18.4 Å². The summed E-state index contributed by atoms with van der Waals surface area (Å²) in [6.07, 6.45) is 2.90. The number of nitrogens with one attached hydrogen (secondary N) is 1. The molecule has 2 heterocycles. The Bertz CT molecular complexity index is 873. The summed E-state index contributed by atoms with van der Waals surface area (Å²) in [5.74, 6) is 0.641. The lowest BCUT2D eigenvalue weighted by molar-refractivity contribution is -0.122. The highest BCUT2D eigenvalue weighted by Crippen LogP contribution is 2.37. The van der Waals surface area contributed by atoms with Gasteiger partial charge in [0, 0.05) is 11.5 Å². The Morgan fingerprint density at radius 3 is 2.67 bits per heavy atom. The third-order valence-corrected chi connectivity index (χ3v) is 4.25. The number of hydrogen-bond donors (Lipinski definition) is 1. The summed E-state index contributed by atoms with van der Waals surface area (Å²) in [7, 11) is 0. The topological polar surface area (TPSA) is 56.1 Å².